The van der Waals surface area contributed by atoms with Crippen LogP contribution in [0.5, 0.6) is 0 Å². The third-order valence-corrected chi connectivity index (χ3v) is 3.27. The minimum Gasteiger partial charge on any atom is -0.465 e. The highest BCUT2D eigenvalue weighted by molar-refractivity contribution is 6.31. The lowest BCUT2D eigenvalue weighted by Gasteiger charge is -2.20. The van der Waals surface area contributed by atoms with Crippen LogP contribution in [0.4, 0.5) is 19.3 Å². The molecule has 0 radical (unpaired) electrons. The van der Waals surface area contributed by atoms with Gasteiger partial charge in [0.1, 0.15) is 17.7 Å². The summed E-state index contributed by atoms with van der Waals surface area (Å²) in [6.45, 7) is 1.78. The van der Waals surface area contributed by atoms with Gasteiger partial charge < -0.3 is 10.4 Å². The zero-order chi connectivity index (χ0) is 15.7. The van der Waals surface area contributed by atoms with E-state index in [1.54, 1.807) is 6.92 Å². The lowest BCUT2D eigenvalue weighted by molar-refractivity contribution is -0.118. The Labute approximate surface area is 123 Å². The summed E-state index contributed by atoms with van der Waals surface area (Å²) < 4.78 is 26.6. The predicted molar refractivity (Wildman–Crippen MR) is 72.3 cm³/mol. The third kappa shape index (κ3) is 3.13. The molecule has 0 saturated heterocycles. The number of carbonyl (C=O) groups is 2. The number of halogens is 3. The first kappa shape index (κ1) is 15.2. The maximum atomic E-state index is 13.6. The van der Waals surface area contributed by atoms with E-state index in [4.69, 9.17) is 16.7 Å². The summed E-state index contributed by atoms with van der Waals surface area (Å²) in [6.07, 6.45) is 0.202. The smallest absolute Gasteiger partial charge is 0.408 e. The molecular weight excluding hydrogens is 306 g/mol. The second kappa shape index (κ2) is 5.69. The molecule has 2 rings (SSSR count). The molecule has 0 unspecified atom stereocenters. The average molecular weight is 317 g/mol. The molecule has 1 aliphatic rings. The molecule has 112 valence electrons. The molecule has 0 bridgehead atoms. The summed E-state index contributed by atoms with van der Waals surface area (Å²) in [5, 5.41) is 10.9. The molecule has 1 aromatic carbocycles. The monoisotopic (exact) mass is 316 g/mol. The second-order valence-electron chi connectivity index (χ2n) is 4.60. The van der Waals surface area contributed by atoms with Crippen LogP contribution in [0, 0.1) is 11.6 Å². The van der Waals surface area contributed by atoms with Crippen molar-refractivity contribution in [1.82, 2.24) is 4.90 Å². The summed E-state index contributed by atoms with van der Waals surface area (Å²) >= 11 is 5.52. The van der Waals surface area contributed by atoms with Gasteiger partial charge in [-0.3, -0.25) is 9.69 Å². The van der Waals surface area contributed by atoms with Crippen LogP contribution in [0.1, 0.15) is 6.92 Å². The standard InChI is InChI=1S/C13H11ClF2N2O3/c1-6-2-11(18(5-6)13(20)21)12(19)17-10-3-7(14)8(15)4-9(10)16/h2-4,11H,5H2,1H3,(H,17,19)(H,20,21)/t11-/m0/s1. The Hall–Kier alpha value is -2.15. The molecule has 0 saturated carbocycles. The van der Waals surface area contributed by atoms with Gasteiger partial charge in [-0.25, -0.2) is 13.6 Å². The van der Waals surface area contributed by atoms with Crippen molar-refractivity contribution < 1.29 is 23.5 Å². The van der Waals surface area contributed by atoms with Gasteiger partial charge in [0, 0.05) is 12.6 Å². The highest BCUT2D eigenvalue weighted by Crippen LogP contribution is 2.24. The maximum absolute atomic E-state index is 13.6. The zero-order valence-corrected chi connectivity index (χ0v) is 11.6. The lowest BCUT2D eigenvalue weighted by Crippen LogP contribution is -2.43. The van der Waals surface area contributed by atoms with E-state index < -0.39 is 29.7 Å². The fraction of sp³-hybridized carbons (Fsp3) is 0.231. The molecule has 2 amide bonds. The van der Waals surface area contributed by atoms with Gasteiger partial charge in [0.05, 0.1) is 10.7 Å². The van der Waals surface area contributed by atoms with Crippen molar-refractivity contribution in [3.63, 3.8) is 0 Å². The maximum Gasteiger partial charge on any atom is 0.408 e. The van der Waals surface area contributed by atoms with Gasteiger partial charge in [-0.1, -0.05) is 23.3 Å². The van der Waals surface area contributed by atoms with Crippen LogP contribution in [0.3, 0.4) is 0 Å². The number of hydrogen-bond donors (Lipinski definition) is 2. The molecular formula is C13H11ClF2N2O3. The second-order valence-corrected chi connectivity index (χ2v) is 5.01. The molecule has 0 spiro atoms. The van der Waals surface area contributed by atoms with Crippen molar-refractivity contribution >= 4 is 29.3 Å². The lowest BCUT2D eigenvalue weighted by atomic mass is 10.2. The van der Waals surface area contributed by atoms with E-state index in [0.29, 0.717) is 11.6 Å². The molecule has 1 aliphatic heterocycles. The SMILES string of the molecule is CC1=C[C@@H](C(=O)Nc2cc(Cl)c(F)cc2F)N(C(=O)O)C1. The third-order valence-electron chi connectivity index (χ3n) is 2.98. The van der Waals surface area contributed by atoms with Gasteiger partial charge >= 0.3 is 6.09 Å². The highest BCUT2D eigenvalue weighted by atomic mass is 35.5. The van der Waals surface area contributed by atoms with Gasteiger partial charge in [-0.2, -0.15) is 0 Å². The number of benzene rings is 1. The van der Waals surface area contributed by atoms with Crippen molar-refractivity contribution in [1.29, 1.82) is 0 Å². The minimum absolute atomic E-state index is 0.0973. The summed E-state index contributed by atoms with van der Waals surface area (Å²) in [4.78, 5) is 24.0. The Balaban J connectivity index is 2.22. The number of carbonyl (C=O) groups excluding carboxylic acids is 1. The van der Waals surface area contributed by atoms with E-state index in [1.807, 2.05) is 0 Å². The van der Waals surface area contributed by atoms with Gasteiger partial charge in [0.15, 0.2) is 0 Å². The van der Waals surface area contributed by atoms with Crippen LogP contribution in [0.25, 0.3) is 0 Å². The van der Waals surface area contributed by atoms with E-state index >= 15 is 0 Å². The van der Waals surface area contributed by atoms with Crippen LogP contribution in [0.15, 0.2) is 23.8 Å². The molecule has 1 atom stereocenters. The number of anilines is 1. The molecule has 1 aromatic rings. The minimum atomic E-state index is -1.26. The number of carboxylic acid groups (broad SMARTS) is 1. The largest absolute Gasteiger partial charge is 0.465 e. The van der Waals surface area contributed by atoms with Crippen LogP contribution in [0.2, 0.25) is 5.02 Å². The summed E-state index contributed by atoms with van der Waals surface area (Å²) in [5.41, 5.74) is 0.393. The van der Waals surface area contributed by atoms with E-state index in [9.17, 15) is 18.4 Å². The van der Waals surface area contributed by atoms with E-state index in [0.717, 1.165) is 11.0 Å². The number of nitrogens with zero attached hydrogens (tertiary/aromatic N) is 1. The number of nitrogens with one attached hydrogen (secondary N) is 1. The summed E-state index contributed by atoms with van der Waals surface area (Å²) in [6, 6.07) is 0.411. The Bertz CT molecular complexity index is 649. The normalized spacial score (nSPS) is 17.6. The van der Waals surface area contributed by atoms with E-state index in [-0.39, 0.29) is 17.3 Å². The molecule has 5 nitrogen and oxygen atoms in total. The molecule has 21 heavy (non-hydrogen) atoms. The molecule has 1 heterocycles. The first-order valence-electron chi connectivity index (χ1n) is 5.92. The van der Waals surface area contributed by atoms with Gasteiger partial charge in [-0.05, 0) is 13.0 Å². The Morgan fingerprint density at radius 2 is 2.05 bits per heavy atom. The molecule has 0 aliphatic carbocycles. The van der Waals surface area contributed by atoms with E-state index in [2.05, 4.69) is 5.32 Å². The fourth-order valence-corrected chi connectivity index (χ4v) is 2.17. The fourth-order valence-electron chi connectivity index (χ4n) is 2.01. The van der Waals surface area contributed by atoms with Crippen LogP contribution in [-0.4, -0.2) is 34.6 Å². The topological polar surface area (TPSA) is 69.6 Å². The van der Waals surface area contributed by atoms with Crippen LogP contribution >= 0.6 is 11.6 Å². The van der Waals surface area contributed by atoms with Crippen molar-refractivity contribution in [2.24, 2.45) is 0 Å². The van der Waals surface area contributed by atoms with Gasteiger partial charge in [-0.15, -0.1) is 0 Å². The Morgan fingerprint density at radius 1 is 1.38 bits per heavy atom. The van der Waals surface area contributed by atoms with Gasteiger partial charge in [0.2, 0.25) is 0 Å². The molecule has 2 N–H and O–H groups in total. The molecule has 0 fully saturated rings. The first-order chi connectivity index (χ1) is 9.79. The Morgan fingerprint density at radius 3 is 2.67 bits per heavy atom. The zero-order valence-electron chi connectivity index (χ0n) is 10.9. The number of hydrogen-bond acceptors (Lipinski definition) is 2. The van der Waals surface area contributed by atoms with Crippen LogP contribution < -0.4 is 5.32 Å². The molecule has 8 heteroatoms. The van der Waals surface area contributed by atoms with Crippen molar-refractivity contribution in [2.75, 3.05) is 11.9 Å². The average Bonchev–Trinajstić information content (AvgIpc) is 2.78. The molecule has 0 aromatic heterocycles. The summed E-state index contributed by atoms with van der Waals surface area (Å²) in [5.74, 6) is -2.68. The van der Waals surface area contributed by atoms with Crippen LogP contribution in [-0.2, 0) is 4.79 Å². The quantitative estimate of drug-likeness (QED) is 0.651. The van der Waals surface area contributed by atoms with E-state index in [1.165, 1.54) is 6.08 Å². The van der Waals surface area contributed by atoms with Gasteiger partial charge in [0.25, 0.3) is 5.91 Å². The Kier molecular flexibility index (Phi) is 4.13. The number of amides is 2. The van der Waals surface area contributed by atoms with Crippen molar-refractivity contribution in [2.45, 2.75) is 13.0 Å². The van der Waals surface area contributed by atoms with Crippen molar-refractivity contribution in [3.05, 3.63) is 40.4 Å². The number of rotatable bonds is 2. The highest BCUT2D eigenvalue weighted by Gasteiger charge is 2.33. The van der Waals surface area contributed by atoms with Crippen molar-refractivity contribution in [3.8, 4) is 0 Å². The summed E-state index contributed by atoms with van der Waals surface area (Å²) in [7, 11) is 0. The first-order valence-corrected chi connectivity index (χ1v) is 6.29. The predicted octanol–water partition coefficient (Wildman–Crippen LogP) is 2.87.